The Hall–Kier alpha value is -4.01. The van der Waals surface area contributed by atoms with Gasteiger partial charge in [0.25, 0.3) is 5.91 Å². The molecule has 2 amide bonds. The zero-order valence-electron chi connectivity index (χ0n) is 19.7. The predicted octanol–water partition coefficient (Wildman–Crippen LogP) is 5.44. The maximum Gasteiger partial charge on any atom is 0.337 e. The topological polar surface area (TPSA) is 76.2 Å². The average Bonchev–Trinajstić information content (AvgIpc) is 3.44. The lowest BCUT2D eigenvalue weighted by molar-refractivity contribution is -0.126. The number of hydrogen-bond acceptors (Lipinski definition) is 6. The lowest BCUT2D eigenvalue weighted by Gasteiger charge is -2.29. The van der Waals surface area contributed by atoms with Gasteiger partial charge in [-0.2, -0.15) is 0 Å². The van der Waals surface area contributed by atoms with E-state index in [0.29, 0.717) is 16.9 Å². The predicted molar refractivity (Wildman–Crippen MR) is 142 cm³/mol. The minimum atomic E-state index is -0.986. The largest absolute Gasteiger partial charge is 0.465 e. The number of hydroxylamine groups is 1. The third-order valence-corrected chi connectivity index (χ3v) is 7.41. The van der Waals surface area contributed by atoms with Gasteiger partial charge in [-0.25, -0.2) is 14.8 Å². The summed E-state index contributed by atoms with van der Waals surface area (Å²) in [6.07, 6.45) is -0.986. The van der Waals surface area contributed by atoms with E-state index in [-0.39, 0.29) is 5.91 Å². The maximum absolute atomic E-state index is 14.0. The van der Waals surface area contributed by atoms with E-state index in [1.807, 2.05) is 60.7 Å². The summed E-state index contributed by atoms with van der Waals surface area (Å²) < 4.78 is 5.71. The van der Waals surface area contributed by atoms with Crippen LogP contribution in [0.3, 0.4) is 0 Å². The minimum Gasteiger partial charge on any atom is -0.465 e. The van der Waals surface area contributed by atoms with E-state index in [1.54, 1.807) is 35.4 Å². The van der Waals surface area contributed by atoms with Gasteiger partial charge in [0.15, 0.2) is 6.10 Å². The number of carbonyl (C=O) groups excluding carboxylic acids is 3. The quantitative estimate of drug-likeness (QED) is 0.246. The van der Waals surface area contributed by atoms with Crippen molar-refractivity contribution in [3.8, 4) is 0 Å². The summed E-state index contributed by atoms with van der Waals surface area (Å²) in [5.41, 5.74) is 2.38. The second-order valence-electron chi connectivity index (χ2n) is 8.92. The summed E-state index contributed by atoms with van der Waals surface area (Å²) in [5, 5.41) is 3.38. The van der Waals surface area contributed by atoms with Crippen molar-refractivity contribution in [3.63, 3.8) is 0 Å². The van der Waals surface area contributed by atoms with Gasteiger partial charge in [0, 0.05) is 9.86 Å². The normalized spacial score (nSPS) is 21.0. The average molecular weight is 557 g/mol. The molecule has 2 heterocycles. The van der Waals surface area contributed by atoms with E-state index >= 15 is 0 Å². The van der Waals surface area contributed by atoms with Crippen LogP contribution >= 0.6 is 15.9 Å². The molecule has 4 aromatic carbocycles. The number of anilines is 2. The highest BCUT2D eigenvalue weighted by atomic mass is 79.9. The molecule has 8 heteroatoms. The number of ether oxygens (including phenoxy) is 1. The number of hydrogen-bond donors (Lipinski definition) is 0. The highest BCUT2D eigenvalue weighted by molar-refractivity contribution is 9.10. The van der Waals surface area contributed by atoms with Gasteiger partial charge in [0.2, 0.25) is 5.91 Å². The van der Waals surface area contributed by atoms with E-state index in [4.69, 9.17) is 9.57 Å². The van der Waals surface area contributed by atoms with Gasteiger partial charge in [0.1, 0.15) is 5.92 Å². The number of rotatable bonds is 4. The first kappa shape index (κ1) is 23.4. The lowest BCUT2D eigenvalue weighted by Crippen LogP contribution is -2.37. The summed E-state index contributed by atoms with van der Waals surface area (Å²) in [6.45, 7) is 0. The first-order valence-electron chi connectivity index (χ1n) is 11.7. The van der Waals surface area contributed by atoms with Crippen LogP contribution in [-0.4, -0.2) is 31.0 Å². The fourth-order valence-corrected chi connectivity index (χ4v) is 5.40. The van der Waals surface area contributed by atoms with Crippen LogP contribution in [0.2, 0.25) is 0 Å². The van der Waals surface area contributed by atoms with Crippen molar-refractivity contribution >= 4 is 55.9 Å². The molecular formula is C29H21BrN2O5. The fraction of sp³-hybridized carbons (Fsp3) is 0.138. The standard InChI is InChI=1S/C29H21BrN2O5/c1-36-29(35)19-11-9-18(10-12-19)25-24-26(37-32(25)21-15-13-20(30)14-16-21)28(34)31(27(24)33)23-8-4-6-17-5-2-3-7-22(17)23/h2-16,24-26H,1H3/t24-,25+,26-/m0/s1. The maximum atomic E-state index is 14.0. The van der Waals surface area contributed by atoms with E-state index in [2.05, 4.69) is 15.9 Å². The molecule has 2 aliphatic heterocycles. The Morgan fingerprint density at radius 2 is 1.57 bits per heavy atom. The van der Waals surface area contributed by atoms with Crippen molar-refractivity contribution in [2.24, 2.45) is 5.92 Å². The van der Waals surface area contributed by atoms with Crippen molar-refractivity contribution in [1.29, 1.82) is 0 Å². The van der Waals surface area contributed by atoms with Crippen LogP contribution < -0.4 is 9.96 Å². The Balaban J connectivity index is 1.44. The number of imide groups is 1. The summed E-state index contributed by atoms with van der Waals surface area (Å²) in [5.74, 6) is -1.96. The molecule has 4 aromatic rings. The highest BCUT2D eigenvalue weighted by Gasteiger charge is 2.60. The molecule has 0 saturated carbocycles. The summed E-state index contributed by atoms with van der Waals surface area (Å²) in [6, 6.07) is 26.9. The van der Waals surface area contributed by atoms with Crippen LogP contribution in [-0.2, 0) is 19.2 Å². The molecule has 0 aromatic heterocycles. The zero-order valence-corrected chi connectivity index (χ0v) is 21.3. The molecule has 2 fully saturated rings. The molecule has 6 rings (SSSR count). The molecule has 37 heavy (non-hydrogen) atoms. The Bertz CT molecular complexity index is 1530. The van der Waals surface area contributed by atoms with Gasteiger partial charge < -0.3 is 4.74 Å². The molecule has 184 valence electrons. The number of nitrogens with zero attached hydrogens (tertiary/aromatic N) is 2. The van der Waals surface area contributed by atoms with Crippen molar-refractivity contribution in [1.82, 2.24) is 0 Å². The number of methoxy groups -OCH3 is 1. The number of carbonyl (C=O) groups is 3. The molecule has 2 saturated heterocycles. The SMILES string of the molecule is COC(=O)c1ccc([C@@H]2[C@@H]3C(=O)N(c4cccc5ccccc45)C(=O)[C@H]3ON2c2ccc(Br)cc2)cc1. The van der Waals surface area contributed by atoms with E-state index in [1.165, 1.54) is 12.0 Å². The number of amides is 2. The van der Waals surface area contributed by atoms with E-state index < -0.39 is 29.9 Å². The molecule has 0 N–H and O–H groups in total. The Labute approximate surface area is 221 Å². The third kappa shape index (κ3) is 3.80. The first-order valence-corrected chi connectivity index (χ1v) is 12.5. The second kappa shape index (κ2) is 9.14. The van der Waals surface area contributed by atoms with Gasteiger partial charge in [-0.15, -0.1) is 0 Å². The van der Waals surface area contributed by atoms with Gasteiger partial charge >= 0.3 is 5.97 Å². The molecular weight excluding hydrogens is 536 g/mol. The summed E-state index contributed by atoms with van der Waals surface area (Å²) in [7, 11) is 1.32. The smallest absolute Gasteiger partial charge is 0.337 e. The van der Waals surface area contributed by atoms with Crippen LogP contribution in [0.1, 0.15) is 22.0 Å². The molecule has 0 aliphatic carbocycles. The molecule has 3 atom stereocenters. The lowest BCUT2D eigenvalue weighted by atomic mass is 9.90. The molecule has 0 bridgehead atoms. The summed E-state index contributed by atoms with van der Waals surface area (Å²) in [4.78, 5) is 47.2. The van der Waals surface area contributed by atoms with Crippen molar-refractivity contribution in [2.45, 2.75) is 12.1 Å². The van der Waals surface area contributed by atoms with Crippen LogP contribution in [0.4, 0.5) is 11.4 Å². The van der Waals surface area contributed by atoms with Crippen molar-refractivity contribution in [2.75, 3.05) is 17.1 Å². The van der Waals surface area contributed by atoms with E-state index in [9.17, 15) is 14.4 Å². The minimum absolute atomic E-state index is 0.326. The monoisotopic (exact) mass is 556 g/mol. The Morgan fingerprint density at radius 1 is 0.865 bits per heavy atom. The highest BCUT2D eigenvalue weighted by Crippen LogP contribution is 2.48. The van der Waals surface area contributed by atoms with Crippen LogP contribution in [0.5, 0.6) is 0 Å². The number of esters is 1. The molecule has 2 aliphatic rings. The third-order valence-electron chi connectivity index (χ3n) is 6.88. The van der Waals surface area contributed by atoms with Gasteiger partial charge in [0.05, 0.1) is 30.1 Å². The van der Waals surface area contributed by atoms with Crippen molar-refractivity contribution in [3.05, 3.63) is 107 Å². The van der Waals surface area contributed by atoms with Crippen molar-refractivity contribution < 1.29 is 24.0 Å². The molecule has 0 unspecified atom stereocenters. The number of benzene rings is 4. The Kier molecular flexibility index (Phi) is 5.78. The van der Waals surface area contributed by atoms with Gasteiger partial charge in [-0.1, -0.05) is 64.5 Å². The van der Waals surface area contributed by atoms with E-state index in [0.717, 1.165) is 20.8 Å². The van der Waals surface area contributed by atoms with Gasteiger partial charge in [-0.05, 0) is 53.4 Å². The zero-order chi connectivity index (χ0) is 25.7. The molecule has 0 spiro atoms. The van der Waals surface area contributed by atoms with Crippen LogP contribution in [0, 0.1) is 5.92 Å². The molecule has 7 nitrogen and oxygen atoms in total. The first-order chi connectivity index (χ1) is 18.0. The second-order valence-corrected chi connectivity index (χ2v) is 9.84. The van der Waals surface area contributed by atoms with Crippen LogP contribution in [0.25, 0.3) is 10.8 Å². The summed E-state index contributed by atoms with van der Waals surface area (Å²) >= 11 is 3.45. The fourth-order valence-electron chi connectivity index (χ4n) is 5.14. The van der Waals surface area contributed by atoms with Crippen LogP contribution in [0.15, 0.2) is 95.5 Å². The Morgan fingerprint density at radius 3 is 2.30 bits per heavy atom. The van der Waals surface area contributed by atoms with Gasteiger partial charge in [-0.3, -0.25) is 14.4 Å². The number of halogens is 1. The molecule has 0 radical (unpaired) electrons. The number of fused-ring (bicyclic) bond motifs is 2.